The number of hydrogen-bond donors (Lipinski definition) is 1. The fourth-order valence-corrected chi connectivity index (χ4v) is 6.73. The van der Waals surface area contributed by atoms with Gasteiger partial charge >= 0.3 is 11.9 Å². The molecule has 0 heterocycles. The lowest BCUT2D eigenvalue weighted by atomic mass is 9.94. The number of nitrogens with zero attached hydrogens (tertiary/aromatic N) is 1. The monoisotopic (exact) mass is 714 g/mol. The molecule has 0 aliphatic heterocycles. The molecule has 1 N–H and O–H groups in total. The van der Waals surface area contributed by atoms with Crippen molar-refractivity contribution in [3.05, 3.63) is 12.2 Å². The molecular weight excluding hydrogens is 630 g/mol. The Morgan fingerprint density at radius 2 is 0.878 bits per heavy atom. The number of halogens is 1. The highest BCUT2D eigenvalue weighted by molar-refractivity contribution is 5.86. The maximum atomic E-state index is 13.0. The molecule has 2 unspecified atom stereocenters. The van der Waals surface area contributed by atoms with Crippen LogP contribution in [0.3, 0.4) is 0 Å². The number of allylic oxidation sites excluding steroid dienone is 2. The molecule has 0 aromatic rings. The number of carbonyl (C=O) groups is 2. The second kappa shape index (κ2) is 36.9. The summed E-state index contributed by atoms with van der Waals surface area (Å²) < 4.78 is 5.85. The van der Waals surface area contributed by atoms with Gasteiger partial charge in [0.25, 0.3) is 0 Å². The molecule has 0 aliphatic carbocycles. The van der Waals surface area contributed by atoms with Crippen molar-refractivity contribution in [3.63, 3.8) is 0 Å². The second-order valence-corrected chi connectivity index (χ2v) is 15.9. The maximum Gasteiger partial charge on any atom is 0.316 e. The molecule has 0 fully saturated rings. The smallest absolute Gasteiger partial charge is 0.316 e. The highest BCUT2D eigenvalue weighted by Gasteiger charge is 2.25. The summed E-state index contributed by atoms with van der Waals surface area (Å²) in [5, 5.41) is 10.3. The van der Waals surface area contributed by atoms with E-state index < -0.39 is 12.1 Å². The number of aliphatic hydroxyl groups is 1. The lowest BCUT2D eigenvalue weighted by Gasteiger charge is -2.26. The molecule has 0 bridgehead atoms. The summed E-state index contributed by atoms with van der Waals surface area (Å²) in [5.74, 6) is -1.19. The Morgan fingerprint density at radius 3 is 1.22 bits per heavy atom. The predicted molar refractivity (Wildman–Crippen MR) is 207 cm³/mol. The fourth-order valence-electron chi connectivity index (χ4n) is 6.73. The van der Waals surface area contributed by atoms with E-state index in [1.165, 1.54) is 148 Å². The second-order valence-electron chi connectivity index (χ2n) is 15.9. The van der Waals surface area contributed by atoms with Crippen LogP contribution in [0, 0.1) is 5.92 Å². The fraction of sp³-hybridized carbons (Fsp3) is 0.907. The van der Waals surface area contributed by atoms with E-state index in [9.17, 15) is 14.7 Å². The van der Waals surface area contributed by atoms with Crippen molar-refractivity contribution in [1.82, 2.24) is 0 Å². The first kappa shape index (κ1) is 50.2. The zero-order chi connectivity index (χ0) is 35.6. The van der Waals surface area contributed by atoms with Crippen LogP contribution in [0.2, 0.25) is 0 Å². The van der Waals surface area contributed by atoms with Crippen molar-refractivity contribution in [2.24, 2.45) is 5.92 Å². The van der Waals surface area contributed by atoms with Gasteiger partial charge in [0.1, 0.15) is 12.6 Å². The highest BCUT2D eigenvalue weighted by atomic mass is 35.5. The van der Waals surface area contributed by atoms with Crippen molar-refractivity contribution in [2.75, 3.05) is 27.7 Å². The molecule has 0 saturated carbocycles. The number of aliphatic hydroxyl groups excluding tert-OH is 1. The summed E-state index contributed by atoms with van der Waals surface area (Å²) in [4.78, 5) is 25.5. The van der Waals surface area contributed by atoms with E-state index >= 15 is 0 Å². The van der Waals surface area contributed by atoms with Gasteiger partial charge in [0.05, 0.1) is 33.5 Å². The SMILES string of the molecule is CCCCCCCC/C=C\CCCCCCC(CCCCCCCCCCCCCCCCCC)C(=O)OC(=O)CC(O)C[N+](C)(C)C.[Cl-]. The number of rotatable bonds is 36. The summed E-state index contributed by atoms with van der Waals surface area (Å²) >= 11 is 0. The van der Waals surface area contributed by atoms with Gasteiger partial charge in [-0.25, -0.2) is 0 Å². The standard InChI is InChI=1S/C43H84NO4.ClH/c1-6-8-10-12-14-16-18-20-22-23-25-27-29-31-33-35-37-40(43(47)48-42(46)38-41(45)39-44(3,4)5)36-34-32-30-28-26-24-21-19-17-15-13-11-9-7-2;/h21,24,40-41,45H,6-20,22-23,25-39H2,1-5H3;1H/q+1;/p-1/b24-21-;. The summed E-state index contributed by atoms with van der Waals surface area (Å²) in [6, 6.07) is 0. The minimum atomic E-state index is -0.802. The Morgan fingerprint density at radius 1 is 0.551 bits per heavy atom. The van der Waals surface area contributed by atoms with Crippen LogP contribution in [0.4, 0.5) is 0 Å². The number of ether oxygens (including phenoxy) is 1. The molecule has 0 spiro atoms. The molecule has 0 rings (SSSR count). The molecular formula is C43H84ClNO4. The van der Waals surface area contributed by atoms with Gasteiger partial charge < -0.3 is 26.7 Å². The average Bonchev–Trinajstić information content (AvgIpc) is 3.02. The van der Waals surface area contributed by atoms with Crippen molar-refractivity contribution < 1.29 is 36.3 Å². The van der Waals surface area contributed by atoms with Crippen LogP contribution >= 0.6 is 0 Å². The molecule has 0 aromatic heterocycles. The summed E-state index contributed by atoms with van der Waals surface area (Å²) in [6.07, 6.45) is 41.6. The lowest BCUT2D eigenvalue weighted by Crippen LogP contribution is -3.00. The van der Waals surface area contributed by atoms with Crippen LogP contribution in [0.25, 0.3) is 0 Å². The number of hydrogen-bond acceptors (Lipinski definition) is 4. The third-order valence-corrected chi connectivity index (χ3v) is 9.68. The summed E-state index contributed by atoms with van der Waals surface area (Å²) in [7, 11) is 5.92. The zero-order valence-corrected chi connectivity index (χ0v) is 34.2. The largest absolute Gasteiger partial charge is 1.00 e. The number of quaternary nitrogens is 1. The summed E-state index contributed by atoms with van der Waals surface area (Å²) in [5.41, 5.74) is 0. The van der Waals surface area contributed by atoms with E-state index in [2.05, 4.69) is 26.0 Å². The maximum absolute atomic E-state index is 13.0. The Hall–Kier alpha value is -0.910. The predicted octanol–water partition coefficient (Wildman–Crippen LogP) is 9.43. The Labute approximate surface area is 312 Å². The van der Waals surface area contributed by atoms with Crippen molar-refractivity contribution >= 4 is 11.9 Å². The van der Waals surface area contributed by atoms with Gasteiger partial charge in [-0.1, -0.05) is 180 Å². The minimum absolute atomic E-state index is 0. The Kier molecular flexibility index (Phi) is 37.8. The first-order chi connectivity index (χ1) is 23.2. The van der Waals surface area contributed by atoms with Crippen molar-refractivity contribution in [3.8, 4) is 0 Å². The van der Waals surface area contributed by atoms with E-state index in [1.807, 2.05) is 21.1 Å². The molecule has 0 radical (unpaired) electrons. The van der Waals surface area contributed by atoms with Crippen LogP contribution in [0.1, 0.15) is 213 Å². The van der Waals surface area contributed by atoms with Crippen LogP contribution in [0.5, 0.6) is 0 Å². The van der Waals surface area contributed by atoms with Crippen molar-refractivity contribution in [1.29, 1.82) is 0 Å². The van der Waals surface area contributed by atoms with E-state index in [-0.39, 0.29) is 30.7 Å². The number of likely N-dealkylation sites (N-methyl/N-ethyl adjacent to an activating group) is 1. The van der Waals surface area contributed by atoms with Gasteiger partial charge in [0.15, 0.2) is 0 Å². The zero-order valence-electron chi connectivity index (χ0n) is 33.4. The van der Waals surface area contributed by atoms with Gasteiger partial charge in [-0.05, 0) is 38.5 Å². The number of carbonyl (C=O) groups excluding carboxylic acids is 2. The quantitative estimate of drug-likeness (QED) is 0.0231. The van der Waals surface area contributed by atoms with Gasteiger partial charge in [-0.3, -0.25) is 9.59 Å². The lowest BCUT2D eigenvalue weighted by molar-refractivity contribution is -0.873. The van der Waals surface area contributed by atoms with Crippen molar-refractivity contribution in [2.45, 2.75) is 219 Å². The molecule has 0 amide bonds. The molecule has 0 aliphatic rings. The van der Waals surface area contributed by atoms with E-state index in [1.54, 1.807) is 0 Å². The third-order valence-electron chi connectivity index (χ3n) is 9.68. The molecule has 292 valence electrons. The Balaban J connectivity index is 0. The van der Waals surface area contributed by atoms with E-state index in [4.69, 9.17) is 4.74 Å². The van der Waals surface area contributed by atoms with Gasteiger partial charge in [-0.15, -0.1) is 0 Å². The molecule has 49 heavy (non-hydrogen) atoms. The first-order valence-corrected chi connectivity index (χ1v) is 21.1. The third kappa shape index (κ3) is 38.2. The highest BCUT2D eigenvalue weighted by Crippen LogP contribution is 2.22. The molecule has 5 nitrogen and oxygen atoms in total. The minimum Gasteiger partial charge on any atom is -1.00 e. The molecule has 6 heteroatoms. The van der Waals surface area contributed by atoms with E-state index in [0.29, 0.717) is 11.0 Å². The molecule has 0 aromatic carbocycles. The normalized spacial score (nSPS) is 13.0. The number of esters is 2. The average molecular weight is 715 g/mol. The summed E-state index contributed by atoms with van der Waals surface area (Å²) in [6.45, 7) is 4.99. The van der Waals surface area contributed by atoms with Gasteiger partial charge in [-0.2, -0.15) is 0 Å². The molecule has 0 saturated heterocycles. The number of unbranched alkanes of at least 4 members (excludes halogenated alkanes) is 25. The van der Waals surface area contributed by atoms with Gasteiger partial charge in [0.2, 0.25) is 0 Å². The first-order valence-electron chi connectivity index (χ1n) is 21.1. The molecule has 2 atom stereocenters. The van der Waals surface area contributed by atoms with Crippen LogP contribution in [-0.4, -0.2) is 55.3 Å². The Bertz CT molecular complexity index is 751. The van der Waals surface area contributed by atoms with Crippen LogP contribution in [-0.2, 0) is 14.3 Å². The topological polar surface area (TPSA) is 63.6 Å². The van der Waals surface area contributed by atoms with Crippen LogP contribution < -0.4 is 12.4 Å². The van der Waals surface area contributed by atoms with E-state index in [0.717, 1.165) is 44.9 Å². The van der Waals surface area contributed by atoms with Crippen LogP contribution in [0.15, 0.2) is 12.2 Å². The van der Waals surface area contributed by atoms with Gasteiger partial charge in [0, 0.05) is 0 Å².